The van der Waals surface area contributed by atoms with E-state index in [1.54, 1.807) is 12.1 Å². The average molecular weight is 332 g/mol. The number of carboxylic acids is 1. The summed E-state index contributed by atoms with van der Waals surface area (Å²) in [4.78, 5) is 20.1. The van der Waals surface area contributed by atoms with E-state index in [0.717, 1.165) is 22.5 Å². The number of thioether (sulfide) groups is 1. The number of aromatic nitrogens is 2. The molecule has 2 heterocycles. The molecule has 0 amide bonds. The Bertz CT molecular complexity index is 744. The van der Waals surface area contributed by atoms with Crippen molar-refractivity contribution in [2.45, 2.75) is 31.4 Å². The third-order valence-electron chi connectivity index (χ3n) is 3.35. The van der Waals surface area contributed by atoms with Crippen LogP contribution >= 0.6 is 11.8 Å². The Morgan fingerprint density at radius 2 is 2.00 bits per heavy atom. The number of rotatable bonds is 4. The molecule has 3 rings (SSSR count). The van der Waals surface area contributed by atoms with Gasteiger partial charge < -0.3 is 14.6 Å². The van der Waals surface area contributed by atoms with Crippen LogP contribution in [0.2, 0.25) is 0 Å². The highest BCUT2D eigenvalue weighted by Crippen LogP contribution is 2.33. The number of aryl methyl sites for hydroxylation is 2. The van der Waals surface area contributed by atoms with Crippen LogP contribution in [-0.2, 0) is 17.1 Å². The summed E-state index contributed by atoms with van der Waals surface area (Å²) >= 11 is 1.46. The smallest absolute Gasteiger partial charge is 0.335 e. The molecule has 0 radical (unpaired) electrons. The van der Waals surface area contributed by atoms with Crippen molar-refractivity contribution in [1.82, 2.24) is 9.97 Å². The van der Waals surface area contributed by atoms with E-state index in [9.17, 15) is 9.90 Å². The van der Waals surface area contributed by atoms with Crippen LogP contribution in [-0.4, -0.2) is 27.8 Å². The molecule has 0 spiro atoms. The van der Waals surface area contributed by atoms with Gasteiger partial charge in [-0.05, 0) is 32.0 Å². The highest BCUT2D eigenvalue weighted by molar-refractivity contribution is 7.98. The summed E-state index contributed by atoms with van der Waals surface area (Å²) in [6.45, 7) is 4.38. The molecule has 0 unspecified atom stereocenters. The van der Waals surface area contributed by atoms with Crippen LogP contribution < -0.4 is 4.74 Å². The summed E-state index contributed by atoms with van der Waals surface area (Å²) < 4.78 is 10.8. The van der Waals surface area contributed by atoms with Crippen molar-refractivity contribution in [3.05, 3.63) is 46.3 Å². The van der Waals surface area contributed by atoms with Gasteiger partial charge in [0.15, 0.2) is 11.9 Å². The highest BCUT2D eigenvalue weighted by atomic mass is 32.2. The molecular formula is C16H16N2O4S. The SMILES string of the molecule is Cc1cc(C)nc(SCc2cc(C(=O)O)cc3c2OCOC3)n1. The third kappa shape index (κ3) is 3.62. The Morgan fingerprint density at radius 1 is 1.26 bits per heavy atom. The Hall–Kier alpha value is -2.12. The van der Waals surface area contributed by atoms with Crippen molar-refractivity contribution in [3.63, 3.8) is 0 Å². The molecule has 0 fully saturated rings. The van der Waals surface area contributed by atoms with E-state index in [4.69, 9.17) is 9.47 Å². The van der Waals surface area contributed by atoms with E-state index in [0.29, 0.717) is 23.3 Å². The Kier molecular flexibility index (Phi) is 4.49. The second-order valence-electron chi connectivity index (χ2n) is 5.26. The minimum absolute atomic E-state index is 0.178. The largest absolute Gasteiger partial charge is 0.478 e. The third-order valence-corrected chi connectivity index (χ3v) is 4.25. The lowest BCUT2D eigenvalue weighted by atomic mass is 10.0. The van der Waals surface area contributed by atoms with Crippen molar-refractivity contribution < 1.29 is 19.4 Å². The van der Waals surface area contributed by atoms with E-state index >= 15 is 0 Å². The van der Waals surface area contributed by atoms with E-state index in [1.807, 2.05) is 19.9 Å². The Balaban J connectivity index is 1.89. The molecule has 1 N–H and O–H groups in total. The molecule has 6 nitrogen and oxygen atoms in total. The number of hydrogen-bond donors (Lipinski definition) is 1. The number of aromatic carboxylic acids is 1. The van der Waals surface area contributed by atoms with Crippen LogP contribution in [0.5, 0.6) is 5.75 Å². The average Bonchev–Trinajstić information content (AvgIpc) is 2.51. The molecular weight excluding hydrogens is 316 g/mol. The first-order chi connectivity index (χ1) is 11.0. The molecule has 1 aliphatic rings. The van der Waals surface area contributed by atoms with Crippen molar-refractivity contribution in [2.24, 2.45) is 0 Å². The molecule has 0 aliphatic carbocycles. The number of benzene rings is 1. The second kappa shape index (κ2) is 6.55. The van der Waals surface area contributed by atoms with Gasteiger partial charge in [-0.2, -0.15) is 0 Å². The fourth-order valence-corrected chi connectivity index (χ4v) is 3.35. The molecule has 0 bridgehead atoms. The maximum Gasteiger partial charge on any atom is 0.335 e. The second-order valence-corrected chi connectivity index (χ2v) is 6.20. The van der Waals surface area contributed by atoms with E-state index in [-0.39, 0.29) is 12.4 Å². The Morgan fingerprint density at radius 3 is 2.70 bits per heavy atom. The zero-order valence-corrected chi connectivity index (χ0v) is 13.6. The monoisotopic (exact) mass is 332 g/mol. The lowest BCUT2D eigenvalue weighted by Gasteiger charge is -2.21. The standard InChI is InChI=1S/C16H16N2O4S/c1-9-3-10(2)18-16(17-9)23-7-13-5-11(15(19)20)4-12-6-21-8-22-14(12)13/h3-5H,6-8H2,1-2H3,(H,19,20). The first-order valence-electron chi connectivity index (χ1n) is 7.07. The van der Waals surface area contributed by atoms with Gasteiger partial charge in [0, 0.05) is 28.3 Å². The van der Waals surface area contributed by atoms with Gasteiger partial charge in [0.1, 0.15) is 5.75 Å². The predicted molar refractivity (Wildman–Crippen MR) is 84.8 cm³/mol. The molecule has 23 heavy (non-hydrogen) atoms. The van der Waals surface area contributed by atoms with Crippen LogP contribution in [0.15, 0.2) is 23.4 Å². The van der Waals surface area contributed by atoms with Gasteiger partial charge in [-0.25, -0.2) is 14.8 Å². The molecule has 120 valence electrons. The van der Waals surface area contributed by atoms with Gasteiger partial charge in [0.05, 0.1) is 12.2 Å². The van der Waals surface area contributed by atoms with Crippen LogP contribution in [0, 0.1) is 13.8 Å². The van der Waals surface area contributed by atoms with E-state index < -0.39 is 5.97 Å². The zero-order chi connectivity index (χ0) is 16.4. The summed E-state index contributed by atoms with van der Waals surface area (Å²) in [6, 6.07) is 5.15. The quantitative estimate of drug-likeness (QED) is 0.681. The maximum absolute atomic E-state index is 11.3. The van der Waals surface area contributed by atoms with Crippen LogP contribution in [0.4, 0.5) is 0 Å². The topological polar surface area (TPSA) is 81.5 Å². The minimum Gasteiger partial charge on any atom is -0.478 e. The van der Waals surface area contributed by atoms with Crippen molar-refractivity contribution in [2.75, 3.05) is 6.79 Å². The normalized spacial score (nSPS) is 13.3. The number of hydrogen-bond acceptors (Lipinski definition) is 6. The van der Waals surface area contributed by atoms with Crippen LogP contribution in [0.3, 0.4) is 0 Å². The molecule has 1 aromatic carbocycles. The number of carboxylic acid groups (broad SMARTS) is 1. The fraction of sp³-hybridized carbons (Fsp3) is 0.312. The van der Waals surface area contributed by atoms with Gasteiger partial charge in [-0.15, -0.1) is 0 Å². The van der Waals surface area contributed by atoms with Gasteiger partial charge in [-0.1, -0.05) is 11.8 Å². The molecule has 0 atom stereocenters. The van der Waals surface area contributed by atoms with E-state index in [1.165, 1.54) is 11.8 Å². The van der Waals surface area contributed by atoms with Gasteiger partial charge >= 0.3 is 5.97 Å². The summed E-state index contributed by atoms with van der Waals surface area (Å²) in [5.74, 6) is 0.275. The van der Waals surface area contributed by atoms with Gasteiger partial charge in [-0.3, -0.25) is 0 Å². The molecule has 2 aromatic rings. The van der Waals surface area contributed by atoms with Gasteiger partial charge in [0.25, 0.3) is 0 Å². The Labute approximate surface area is 137 Å². The molecule has 1 aliphatic heterocycles. The lowest BCUT2D eigenvalue weighted by Crippen LogP contribution is -2.14. The predicted octanol–water partition coefficient (Wildman–Crippen LogP) is 2.95. The fourth-order valence-electron chi connectivity index (χ4n) is 2.43. The van der Waals surface area contributed by atoms with Crippen LogP contribution in [0.1, 0.15) is 32.9 Å². The number of ether oxygens (including phenoxy) is 2. The van der Waals surface area contributed by atoms with Crippen LogP contribution in [0.25, 0.3) is 0 Å². The summed E-state index contributed by atoms with van der Waals surface area (Å²) in [5, 5.41) is 9.93. The summed E-state index contributed by atoms with van der Waals surface area (Å²) in [5.41, 5.74) is 3.62. The van der Waals surface area contributed by atoms with E-state index in [2.05, 4.69) is 9.97 Å². The maximum atomic E-state index is 11.3. The molecule has 7 heteroatoms. The van der Waals surface area contributed by atoms with Crippen molar-refractivity contribution in [3.8, 4) is 5.75 Å². The number of nitrogens with zero attached hydrogens (tertiary/aromatic N) is 2. The lowest BCUT2D eigenvalue weighted by molar-refractivity contribution is -0.0169. The highest BCUT2D eigenvalue weighted by Gasteiger charge is 2.19. The molecule has 0 saturated heterocycles. The zero-order valence-electron chi connectivity index (χ0n) is 12.8. The van der Waals surface area contributed by atoms with Crippen molar-refractivity contribution >= 4 is 17.7 Å². The first-order valence-corrected chi connectivity index (χ1v) is 8.06. The first kappa shape index (κ1) is 15.8. The van der Waals surface area contributed by atoms with Gasteiger partial charge in [0.2, 0.25) is 0 Å². The molecule has 1 aromatic heterocycles. The number of fused-ring (bicyclic) bond motifs is 1. The summed E-state index contributed by atoms with van der Waals surface area (Å²) in [7, 11) is 0. The summed E-state index contributed by atoms with van der Waals surface area (Å²) in [6.07, 6.45) is 0. The minimum atomic E-state index is -0.965. The van der Waals surface area contributed by atoms with Crippen molar-refractivity contribution in [1.29, 1.82) is 0 Å². The molecule has 0 saturated carbocycles. The number of carbonyl (C=O) groups is 1.